The predicted octanol–water partition coefficient (Wildman–Crippen LogP) is 1.95. The standard InChI is InChI=1S/C15H20FNO3/c1-17(10-15(20)6-2-3-7-15)9-14(19)12-8-11(16)4-5-13(12)18/h4-5,8,18,20H,2-3,6-7,9-10H2,1H3. The summed E-state index contributed by atoms with van der Waals surface area (Å²) in [5.74, 6) is -1.13. The molecule has 1 aliphatic carbocycles. The van der Waals surface area contributed by atoms with E-state index in [-0.39, 0.29) is 23.6 Å². The topological polar surface area (TPSA) is 60.8 Å². The minimum atomic E-state index is -0.723. The minimum Gasteiger partial charge on any atom is -0.507 e. The third-order valence-corrected chi connectivity index (χ3v) is 3.77. The maximum absolute atomic E-state index is 13.1. The molecule has 4 nitrogen and oxygen atoms in total. The van der Waals surface area contributed by atoms with Gasteiger partial charge in [-0.15, -0.1) is 0 Å². The van der Waals surface area contributed by atoms with Gasteiger partial charge in [0.05, 0.1) is 17.7 Å². The van der Waals surface area contributed by atoms with E-state index in [2.05, 4.69) is 0 Å². The number of hydrogen-bond donors (Lipinski definition) is 2. The van der Waals surface area contributed by atoms with Crippen LogP contribution in [0.25, 0.3) is 0 Å². The smallest absolute Gasteiger partial charge is 0.180 e. The van der Waals surface area contributed by atoms with Gasteiger partial charge in [0, 0.05) is 6.54 Å². The number of carbonyl (C=O) groups excluding carboxylic acids is 1. The summed E-state index contributed by atoms with van der Waals surface area (Å²) in [7, 11) is 1.74. The van der Waals surface area contributed by atoms with Crippen molar-refractivity contribution in [1.82, 2.24) is 4.90 Å². The average molecular weight is 281 g/mol. The first-order chi connectivity index (χ1) is 9.39. The summed E-state index contributed by atoms with van der Waals surface area (Å²) in [5, 5.41) is 19.9. The van der Waals surface area contributed by atoms with Crippen LogP contribution in [-0.2, 0) is 0 Å². The Morgan fingerprint density at radius 3 is 2.70 bits per heavy atom. The van der Waals surface area contributed by atoms with Crippen LogP contribution in [0.4, 0.5) is 4.39 Å². The first-order valence-electron chi connectivity index (χ1n) is 6.82. The fourth-order valence-corrected chi connectivity index (χ4v) is 2.81. The number of benzene rings is 1. The van der Waals surface area contributed by atoms with Crippen LogP contribution in [0.5, 0.6) is 5.75 Å². The molecule has 0 saturated heterocycles. The molecule has 20 heavy (non-hydrogen) atoms. The molecule has 5 heteroatoms. The van der Waals surface area contributed by atoms with Crippen LogP contribution in [0, 0.1) is 5.82 Å². The molecule has 2 rings (SSSR count). The zero-order valence-electron chi connectivity index (χ0n) is 11.6. The lowest BCUT2D eigenvalue weighted by Crippen LogP contribution is -2.41. The number of rotatable bonds is 5. The number of phenolic OH excluding ortho intramolecular Hbond substituents is 1. The number of aliphatic hydroxyl groups is 1. The Morgan fingerprint density at radius 2 is 2.05 bits per heavy atom. The van der Waals surface area contributed by atoms with Crippen LogP contribution >= 0.6 is 0 Å². The van der Waals surface area contributed by atoms with Crippen molar-refractivity contribution in [3.8, 4) is 5.75 Å². The third-order valence-electron chi connectivity index (χ3n) is 3.77. The van der Waals surface area contributed by atoms with Crippen LogP contribution in [0.3, 0.4) is 0 Å². The fraction of sp³-hybridized carbons (Fsp3) is 0.533. The van der Waals surface area contributed by atoms with E-state index in [0.717, 1.165) is 37.8 Å². The van der Waals surface area contributed by atoms with Crippen molar-refractivity contribution in [2.45, 2.75) is 31.3 Å². The lowest BCUT2D eigenvalue weighted by Gasteiger charge is -2.28. The van der Waals surface area contributed by atoms with E-state index >= 15 is 0 Å². The molecular weight excluding hydrogens is 261 g/mol. The second kappa shape index (κ2) is 5.89. The van der Waals surface area contributed by atoms with Crippen molar-refractivity contribution < 1.29 is 19.4 Å². The summed E-state index contributed by atoms with van der Waals surface area (Å²) in [6.07, 6.45) is 3.50. The molecule has 0 unspecified atom stereocenters. The van der Waals surface area contributed by atoms with Crippen LogP contribution in [0.1, 0.15) is 36.0 Å². The highest BCUT2D eigenvalue weighted by Crippen LogP contribution is 2.30. The van der Waals surface area contributed by atoms with Crippen LogP contribution in [0.15, 0.2) is 18.2 Å². The molecule has 1 fully saturated rings. The van der Waals surface area contributed by atoms with E-state index in [4.69, 9.17) is 0 Å². The van der Waals surface area contributed by atoms with Gasteiger partial charge in [0.1, 0.15) is 11.6 Å². The quantitative estimate of drug-likeness (QED) is 0.810. The van der Waals surface area contributed by atoms with Gasteiger partial charge in [-0.1, -0.05) is 12.8 Å². The average Bonchev–Trinajstić information content (AvgIpc) is 2.78. The molecule has 0 amide bonds. The van der Waals surface area contributed by atoms with Gasteiger partial charge in [-0.25, -0.2) is 4.39 Å². The number of halogens is 1. The highest BCUT2D eigenvalue weighted by atomic mass is 19.1. The number of hydrogen-bond acceptors (Lipinski definition) is 4. The molecule has 0 spiro atoms. The number of carbonyl (C=O) groups is 1. The van der Waals surface area contributed by atoms with Gasteiger partial charge >= 0.3 is 0 Å². The first-order valence-corrected chi connectivity index (χ1v) is 6.82. The van der Waals surface area contributed by atoms with Gasteiger partial charge in [-0.05, 0) is 38.1 Å². The highest BCUT2D eigenvalue weighted by molar-refractivity contribution is 5.99. The number of likely N-dealkylation sites (N-methyl/N-ethyl adjacent to an activating group) is 1. The first kappa shape index (κ1) is 14.9. The van der Waals surface area contributed by atoms with Gasteiger partial charge in [-0.2, -0.15) is 0 Å². The Hall–Kier alpha value is -1.46. The zero-order valence-corrected chi connectivity index (χ0v) is 11.6. The number of aromatic hydroxyl groups is 1. The molecule has 110 valence electrons. The zero-order chi connectivity index (χ0) is 14.8. The number of ketones is 1. The van der Waals surface area contributed by atoms with Crippen molar-refractivity contribution in [3.05, 3.63) is 29.6 Å². The monoisotopic (exact) mass is 281 g/mol. The Bertz CT molecular complexity index is 498. The molecule has 0 atom stereocenters. The summed E-state index contributed by atoms with van der Waals surface area (Å²) in [6.45, 7) is 0.453. The number of nitrogens with zero attached hydrogens (tertiary/aromatic N) is 1. The molecule has 0 heterocycles. The summed E-state index contributed by atoms with van der Waals surface area (Å²) in [5.41, 5.74) is -0.741. The lowest BCUT2D eigenvalue weighted by atomic mass is 10.0. The lowest BCUT2D eigenvalue weighted by molar-refractivity contribution is 0.0172. The van der Waals surface area contributed by atoms with Crippen LogP contribution in [0.2, 0.25) is 0 Å². The molecule has 1 aromatic rings. The normalized spacial score (nSPS) is 17.6. The predicted molar refractivity (Wildman–Crippen MR) is 73.3 cm³/mol. The summed E-state index contributed by atoms with van der Waals surface area (Å²) in [4.78, 5) is 13.8. The van der Waals surface area contributed by atoms with E-state index in [9.17, 15) is 19.4 Å². The Labute approximate surface area is 117 Å². The van der Waals surface area contributed by atoms with Crippen molar-refractivity contribution in [1.29, 1.82) is 0 Å². The Kier molecular flexibility index (Phi) is 4.40. The summed E-state index contributed by atoms with van der Waals surface area (Å²) >= 11 is 0. The van der Waals surface area contributed by atoms with Gasteiger partial charge < -0.3 is 10.2 Å². The fourth-order valence-electron chi connectivity index (χ4n) is 2.81. The molecule has 0 aromatic heterocycles. The molecule has 1 aromatic carbocycles. The maximum Gasteiger partial charge on any atom is 0.180 e. The summed E-state index contributed by atoms with van der Waals surface area (Å²) < 4.78 is 13.1. The number of Topliss-reactive ketones (excluding diaryl/α,β-unsaturated/α-hetero) is 1. The molecule has 1 aliphatic rings. The minimum absolute atomic E-state index is 0.0183. The second-order valence-electron chi connectivity index (χ2n) is 5.69. The molecule has 0 aliphatic heterocycles. The van der Waals surface area contributed by atoms with Crippen molar-refractivity contribution in [2.24, 2.45) is 0 Å². The molecule has 0 bridgehead atoms. The van der Waals surface area contributed by atoms with Crippen molar-refractivity contribution in [2.75, 3.05) is 20.1 Å². The van der Waals surface area contributed by atoms with Gasteiger partial charge in [-0.3, -0.25) is 9.69 Å². The Morgan fingerprint density at radius 1 is 1.40 bits per heavy atom. The molecule has 2 N–H and O–H groups in total. The van der Waals surface area contributed by atoms with Crippen LogP contribution < -0.4 is 0 Å². The largest absolute Gasteiger partial charge is 0.507 e. The Balaban J connectivity index is 1.98. The van der Waals surface area contributed by atoms with E-state index < -0.39 is 11.4 Å². The summed E-state index contributed by atoms with van der Waals surface area (Å²) in [6, 6.07) is 3.32. The van der Waals surface area contributed by atoms with E-state index in [1.807, 2.05) is 0 Å². The van der Waals surface area contributed by atoms with Gasteiger partial charge in [0.2, 0.25) is 0 Å². The van der Waals surface area contributed by atoms with E-state index in [1.54, 1.807) is 11.9 Å². The van der Waals surface area contributed by atoms with E-state index in [0.29, 0.717) is 6.54 Å². The molecule has 1 saturated carbocycles. The molecular formula is C15H20FNO3. The van der Waals surface area contributed by atoms with Crippen LogP contribution in [-0.4, -0.2) is 46.6 Å². The third kappa shape index (κ3) is 3.55. The van der Waals surface area contributed by atoms with Crippen molar-refractivity contribution in [3.63, 3.8) is 0 Å². The molecule has 0 radical (unpaired) electrons. The maximum atomic E-state index is 13.1. The van der Waals surface area contributed by atoms with E-state index in [1.165, 1.54) is 6.07 Å². The highest BCUT2D eigenvalue weighted by Gasteiger charge is 2.32. The van der Waals surface area contributed by atoms with Gasteiger partial charge in [0.15, 0.2) is 5.78 Å². The van der Waals surface area contributed by atoms with Gasteiger partial charge in [0.25, 0.3) is 0 Å². The van der Waals surface area contributed by atoms with Crippen molar-refractivity contribution >= 4 is 5.78 Å². The number of phenols is 1. The SMILES string of the molecule is CN(CC(=O)c1cc(F)ccc1O)CC1(O)CCCC1. The second-order valence-corrected chi connectivity index (χ2v) is 5.69.